The predicted molar refractivity (Wildman–Crippen MR) is 98.6 cm³/mol. The highest BCUT2D eigenvalue weighted by Gasteiger charge is 2.29. The average Bonchev–Trinajstić information content (AvgIpc) is 2.73. The third-order valence-corrected chi connectivity index (χ3v) is 4.71. The Balaban J connectivity index is 1.91. The van der Waals surface area contributed by atoms with Crippen LogP contribution in [-0.4, -0.2) is 39.7 Å². The van der Waals surface area contributed by atoms with Gasteiger partial charge in [0.15, 0.2) is 0 Å². The predicted octanol–water partition coefficient (Wildman–Crippen LogP) is 3.14. The summed E-state index contributed by atoms with van der Waals surface area (Å²) < 4.78 is 0. The monoisotopic (exact) mass is 368 g/mol. The SMILES string of the molecule is O=C(c1ccc(C(=O)N2CCCCC2)cc1[N+](=O)[O-])C(O)c1ccccc1. The van der Waals surface area contributed by atoms with Gasteiger partial charge in [-0.2, -0.15) is 0 Å². The van der Waals surface area contributed by atoms with Crippen molar-refractivity contribution in [1.29, 1.82) is 0 Å². The smallest absolute Gasteiger partial charge is 0.281 e. The number of hydrogen-bond acceptors (Lipinski definition) is 5. The lowest BCUT2D eigenvalue weighted by molar-refractivity contribution is -0.385. The van der Waals surface area contributed by atoms with Gasteiger partial charge in [0.2, 0.25) is 5.78 Å². The summed E-state index contributed by atoms with van der Waals surface area (Å²) in [6.45, 7) is 1.25. The van der Waals surface area contributed by atoms with Crippen LogP contribution in [0, 0.1) is 10.1 Å². The number of nitrogens with zero attached hydrogens (tertiary/aromatic N) is 2. The summed E-state index contributed by atoms with van der Waals surface area (Å²) in [7, 11) is 0. The van der Waals surface area contributed by atoms with Crippen LogP contribution in [0.5, 0.6) is 0 Å². The Morgan fingerprint density at radius 1 is 1.04 bits per heavy atom. The second kappa shape index (κ2) is 8.09. The van der Waals surface area contributed by atoms with Crippen LogP contribution in [0.4, 0.5) is 5.69 Å². The van der Waals surface area contributed by atoms with Crippen LogP contribution in [0.2, 0.25) is 0 Å². The Morgan fingerprint density at radius 3 is 2.33 bits per heavy atom. The maximum atomic E-state index is 12.6. The first kappa shape index (κ1) is 18.7. The Labute approximate surface area is 156 Å². The van der Waals surface area contributed by atoms with E-state index in [4.69, 9.17) is 0 Å². The Hall–Kier alpha value is -3.06. The van der Waals surface area contributed by atoms with Gasteiger partial charge in [-0.1, -0.05) is 30.3 Å². The normalized spacial score (nSPS) is 15.2. The summed E-state index contributed by atoms with van der Waals surface area (Å²) in [4.78, 5) is 37.6. The summed E-state index contributed by atoms with van der Waals surface area (Å²) >= 11 is 0. The first-order valence-corrected chi connectivity index (χ1v) is 8.84. The second-order valence-electron chi connectivity index (χ2n) is 6.52. The van der Waals surface area contributed by atoms with E-state index in [9.17, 15) is 24.8 Å². The molecule has 1 heterocycles. The fourth-order valence-electron chi connectivity index (χ4n) is 3.24. The minimum atomic E-state index is -1.51. The van der Waals surface area contributed by atoms with Gasteiger partial charge < -0.3 is 10.0 Å². The van der Waals surface area contributed by atoms with E-state index in [1.165, 1.54) is 12.1 Å². The van der Waals surface area contributed by atoms with Gasteiger partial charge in [-0.15, -0.1) is 0 Å². The Kier molecular flexibility index (Phi) is 5.61. The van der Waals surface area contributed by atoms with Crippen molar-refractivity contribution < 1.29 is 19.6 Å². The molecule has 1 amide bonds. The number of carbonyl (C=O) groups excluding carboxylic acids is 2. The summed E-state index contributed by atoms with van der Waals surface area (Å²) in [5.74, 6) is -1.05. The quantitative estimate of drug-likeness (QED) is 0.496. The molecule has 7 nitrogen and oxygen atoms in total. The molecule has 1 atom stereocenters. The van der Waals surface area contributed by atoms with Crippen LogP contribution in [-0.2, 0) is 0 Å². The number of nitro benzene ring substituents is 1. The fraction of sp³-hybridized carbons (Fsp3) is 0.300. The number of nitro groups is 1. The number of carbonyl (C=O) groups is 2. The third kappa shape index (κ3) is 4.03. The molecule has 0 aliphatic carbocycles. The van der Waals surface area contributed by atoms with Crippen molar-refractivity contribution in [2.24, 2.45) is 0 Å². The molecule has 0 saturated carbocycles. The number of amides is 1. The Bertz CT molecular complexity index is 860. The van der Waals surface area contributed by atoms with Gasteiger partial charge in [0.05, 0.1) is 10.5 Å². The van der Waals surface area contributed by atoms with Crippen molar-refractivity contribution in [3.8, 4) is 0 Å². The minimum absolute atomic E-state index is 0.175. The zero-order valence-corrected chi connectivity index (χ0v) is 14.7. The van der Waals surface area contributed by atoms with Crippen molar-refractivity contribution in [3.05, 3.63) is 75.3 Å². The molecule has 3 rings (SSSR count). The van der Waals surface area contributed by atoms with Crippen LogP contribution in [0.25, 0.3) is 0 Å². The molecule has 1 aliphatic rings. The highest BCUT2D eigenvalue weighted by atomic mass is 16.6. The van der Waals surface area contributed by atoms with Crippen LogP contribution in [0.15, 0.2) is 48.5 Å². The van der Waals surface area contributed by atoms with E-state index < -0.39 is 22.5 Å². The van der Waals surface area contributed by atoms with E-state index in [-0.39, 0.29) is 17.0 Å². The number of benzene rings is 2. The number of rotatable bonds is 5. The standard InChI is InChI=1S/C20H20N2O5/c23-18(14-7-3-1-4-8-14)19(24)16-10-9-15(13-17(16)22(26)27)20(25)21-11-5-2-6-12-21/h1,3-4,7-10,13,18,23H,2,5-6,11-12H2. The number of aliphatic hydroxyl groups is 1. The summed E-state index contributed by atoms with van der Waals surface area (Å²) in [5, 5.41) is 21.8. The first-order valence-electron chi connectivity index (χ1n) is 8.84. The van der Waals surface area contributed by atoms with Crippen molar-refractivity contribution in [3.63, 3.8) is 0 Å². The first-order chi connectivity index (χ1) is 13.0. The van der Waals surface area contributed by atoms with Gasteiger partial charge >= 0.3 is 0 Å². The maximum Gasteiger partial charge on any atom is 0.281 e. The van der Waals surface area contributed by atoms with E-state index in [0.29, 0.717) is 18.7 Å². The number of piperidine rings is 1. The molecule has 2 aromatic carbocycles. The molecule has 0 radical (unpaired) electrons. The van der Waals surface area contributed by atoms with E-state index in [1.54, 1.807) is 35.2 Å². The molecule has 1 aliphatic heterocycles. The number of ketones is 1. The zero-order chi connectivity index (χ0) is 19.4. The van der Waals surface area contributed by atoms with E-state index in [1.807, 2.05) is 0 Å². The van der Waals surface area contributed by atoms with Crippen LogP contribution in [0.1, 0.15) is 51.6 Å². The number of likely N-dealkylation sites (tertiary alicyclic amines) is 1. The third-order valence-electron chi connectivity index (χ3n) is 4.71. The lowest BCUT2D eigenvalue weighted by Crippen LogP contribution is -2.35. The molecule has 1 saturated heterocycles. The molecule has 0 bridgehead atoms. The molecule has 1 N–H and O–H groups in total. The lowest BCUT2D eigenvalue weighted by atomic mass is 9.97. The van der Waals surface area contributed by atoms with Gasteiger partial charge in [-0.25, -0.2) is 0 Å². The molecule has 27 heavy (non-hydrogen) atoms. The summed E-state index contributed by atoms with van der Waals surface area (Å²) in [6, 6.07) is 12.0. The fourth-order valence-corrected chi connectivity index (χ4v) is 3.24. The highest BCUT2D eigenvalue weighted by molar-refractivity contribution is 6.05. The van der Waals surface area contributed by atoms with Crippen LogP contribution >= 0.6 is 0 Å². The topological polar surface area (TPSA) is 101 Å². The van der Waals surface area contributed by atoms with E-state index in [2.05, 4.69) is 0 Å². The van der Waals surface area contributed by atoms with Gasteiger partial charge in [-0.3, -0.25) is 19.7 Å². The largest absolute Gasteiger partial charge is 0.380 e. The molecular formula is C20H20N2O5. The maximum absolute atomic E-state index is 12.6. The van der Waals surface area contributed by atoms with Crippen molar-refractivity contribution in [1.82, 2.24) is 4.90 Å². The zero-order valence-electron chi connectivity index (χ0n) is 14.7. The summed E-state index contributed by atoms with van der Waals surface area (Å²) in [6.07, 6.45) is 1.38. The minimum Gasteiger partial charge on any atom is -0.380 e. The molecule has 7 heteroatoms. The molecule has 2 aromatic rings. The van der Waals surface area contributed by atoms with E-state index in [0.717, 1.165) is 25.3 Å². The summed E-state index contributed by atoms with van der Waals surface area (Å²) in [5.41, 5.74) is -0.163. The number of Topliss-reactive ketones (excluding diaryl/α,β-unsaturated/α-hetero) is 1. The second-order valence-corrected chi connectivity index (χ2v) is 6.52. The molecular weight excluding hydrogens is 348 g/mol. The van der Waals surface area contributed by atoms with Gasteiger partial charge in [0.1, 0.15) is 6.10 Å². The number of hydrogen-bond donors (Lipinski definition) is 1. The molecule has 0 spiro atoms. The molecule has 1 fully saturated rings. The van der Waals surface area contributed by atoms with Crippen LogP contribution < -0.4 is 0 Å². The van der Waals surface area contributed by atoms with Gasteiger partial charge in [0.25, 0.3) is 11.6 Å². The van der Waals surface area contributed by atoms with Gasteiger partial charge in [0, 0.05) is 24.7 Å². The lowest BCUT2D eigenvalue weighted by Gasteiger charge is -2.26. The van der Waals surface area contributed by atoms with Crippen molar-refractivity contribution in [2.75, 3.05) is 13.1 Å². The van der Waals surface area contributed by atoms with E-state index >= 15 is 0 Å². The van der Waals surface area contributed by atoms with Gasteiger partial charge in [-0.05, 0) is 37.0 Å². The number of aliphatic hydroxyl groups excluding tert-OH is 1. The highest BCUT2D eigenvalue weighted by Crippen LogP contribution is 2.27. The average molecular weight is 368 g/mol. The van der Waals surface area contributed by atoms with Crippen molar-refractivity contribution >= 4 is 17.4 Å². The van der Waals surface area contributed by atoms with Crippen LogP contribution in [0.3, 0.4) is 0 Å². The van der Waals surface area contributed by atoms with Crippen molar-refractivity contribution in [2.45, 2.75) is 25.4 Å². The molecule has 140 valence electrons. The Morgan fingerprint density at radius 2 is 1.70 bits per heavy atom. The molecule has 1 unspecified atom stereocenters. The molecule has 0 aromatic heterocycles.